The molecule has 0 amide bonds. The highest BCUT2D eigenvalue weighted by atomic mass is 19.4. The molecule has 4 rings (SSSR count). The maximum atomic E-state index is 14.3. The molecule has 0 radical (unpaired) electrons. The predicted molar refractivity (Wildman–Crippen MR) is 117 cm³/mol. The maximum absolute atomic E-state index is 14.3. The number of rotatable bonds is 6. The van der Waals surface area contributed by atoms with E-state index in [4.69, 9.17) is 10.6 Å². The Labute approximate surface area is 192 Å². The van der Waals surface area contributed by atoms with Gasteiger partial charge in [0.15, 0.2) is 0 Å². The van der Waals surface area contributed by atoms with E-state index in [2.05, 4.69) is 9.82 Å². The Bertz CT molecular complexity index is 1240. The molecule has 0 saturated heterocycles. The molecule has 176 valence electrons. The highest BCUT2D eigenvalue weighted by molar-refractivity contribution is 5.96. The number of benzene rings is 2. The van der Waals surface area contributed by atoms with Crippen LogP contribution in [0, 0.1) is 5.82 Å². The lowest BCUT2D eigenvalue weighted by Gasteiger charge is -2.16. The molecule has 1 aromatic heterocycles. The fraction of sp³-hybridized carbons (Fsp3) is 0.200. The average molecular weight is 472 g/mol. The minimum Gasteiger partial charge on any atom is -0.472 e. The van der Waals surface area contributed by atoms with Crippen LogP contribution in [0.3, 0.4) is 0 Å². The van der Waals surface area contributed by atoms with Crippen molar-refractivity contribution in [3.63, 3.8) is 0 Å². The van der Waals surface area contributed by atoms with Crippen LogP contribution in [0.5, 0.6) is 5.88 Å². The topological polar surface area (TPSA) is 74.4 Å². The smallest absolute Gasteiger partial charge is 0.417 e. The quantitative estimate of drug-likeness (QED) is 0.355. The van der Waals surface area contributed by atoms with Crippen molar-refractivity contribution in [2.45, 2.75) is 32.0 Å². The van der Waals surface area contributed by atoms with E-state index in [-0.39, 0.29) is 23.6 Å². The highest BCUT2D eigenvalue weighted by Gasteiger charge is 2.33. The minimum atomic E-state index is -4.60. The summed E-state index contributed by atoms with van der Waals surface area (Å²) in [5.74, 6) is 3.35. The molecule has 0 atom stereocenters. The van der Waals surface area contributed by atoms with Gasteiger partial charge >= 0.3 is 12.1 Å². The Balaban J connectivity index is 1.81. The van der Waals surface area contributed by atoms with Gasteiger partial charge in [-0.05, 0) is 65.8 Å². The van der Waals surface area contributed by atoms with Crippen LogP contribution in [-0.2, 0) is 17.6 Å². The number of halogens is 4. The number of pyridine rings is 1. The van der Waals surface area contributed by atoms with Gasteiger partial charge < -0.3 is 9.57 Å². The molecule has 1 heterocycles. The second-order valence-electron chi connectivity index (χ2n) is 7.79. The third-order valence-corrected chi connectivity index (χ3v) is 5.53. The lowest BCUT2D eigenvalue weighted by molar-refractivity contribution is -0.137. The third-order valence-electron chi connectivity index (χ3n) is 5.53. The number of nitrogens with zero attached hydrogens (tertiary/aromatic N) is 1. The average Bonchev–Trinajstić information content (AvgIpc) is 3.31. The molecule has 0 fully saturated rings. The number of hydrogen-bond acceptors (Lipinski definition) is 5. The molecule has 0 unspecified atom stereocenters. The summed E-state index contributed by atoms with van der Waals surface area (Å²) in [6.07, 6.45) is -2.32. The second-order valence-corrected chi connectivity index (χ2v) is 7.79. The summed E-state index contributed by atoms with van der Waals surface area (Å²) in [7, 11) is 0. The zero-order valence-electron chi connectivity index (χ0n) is 17.9. The Kier molecular flexibility index (Phi) is 6.65. The molecule has 0 spiro atoms. The summed E-state index contributed by atoms with van der Waals surface area (Å²) < 4.78 is 60.5. The normalized spacial score (nSPS) is 13.8. The van der Waals surface area contributed by atoms with E-state index in [1.165, 1.54) is 12.1 Å². The van der Waals surface area contributed by atoms with E-state index in [1.807, 2.05) is 30.3 Å². The van der Waals surface area contributed by atoms with Gasteiger partial charge in [0.1, 0.15) is 12.4 Å². The Hall–Kier alpha value is -3.72. The number of aromatic nitrogens is 1. The van der Waals surface area contributed by atoms with Gasteiger partial charge in [0, 0.05) is 11.8 Å². The molecule has 0 aliphatic heterocycles. The first-order chi connectivity index (χ1) is 16.3. The highest BCUT2D eigenvalue weighted by Crippen LogP contribution is 2.44. The van der Waals surface area contributed by atoms with Gasteiger partial charge in [0.2, 0.25) is 5.88 Å². The van der Waals surface area contributed by atoms with Gasteiger partial charge in [-0.3, -0.25) is 0 Å². The number of carbonyl (C=O) groups excluding carboxylic acids is 1. The fourth-order valence-corrected chi connectivity index (χ4v) is 3.97. The van der Waals surface area contributed by atoms with Crippen molar-refractivity contribution in [3.05, 3.63) is 94.4 Å². The van der Waals surface area contributed by atoms with E-state index in [1.54, 1.807) is 0 Å². The van der Waals surface area contributed by atoms with Crippen molar-refractivity contribution in [2.24, 2.45) is 5.90 Å². The molecular formula is C25H20F4N2O3. The van der Waals surface area contributed by atoms with E-state index >= 15 is 0 Å². The van der Waals surface area contributed by atoms with E-state index in [9.17, 15) is 22.4 Å². The summed E-state index contributed by atoms with van der Waals surface area (Å²) >= 11 is 0. The summed E-state index contributed by atoms with van der Waals surface area (Å²) in [5, 5.41) is 0. The summed E-state index contributed by atoms with van der Waals surface area (Å²) in [4.78, 5) is 20.0. The SMILES string of the molecule is NOC(=O)c1cc(F)cc(C2=C(c3cc(C(F)(F)F)cnc3OCc3ccccc3)CCC2)c1. The fourth-order valence-electron chi connectivity index (χ4n) is 3.97. The van der Waals surface area contributed by atoms with Gasteiger partial charge in [-0.15, -0.1) is 0 Å². The monoisotopic (exact) mass is 472 g/mol. The maximum Gasteiger partial charge on any atom is 0.417 e. The third kappa shape index (κ3) is 5.09. The molecule has 34 heavy (non-hydrogen) atoms. The number of alkyl halides is 3. The summed E-state index contributed by atoms with van der Waals surface area (Å²) in [6.45, 7) is 0.112. The summed E-state index contributed by atoms with van der Waals surface area (Å²) in [5.41, 5.74) is 1.52. The number of hydrogen-bond donors (Lipinski definition) is 1. The number of allylic oxidation sites excluding steroid dienone is 2. The van der Waals surface area contributed by atoms with E-state index in [0.717, 1.165) is 23.9 Å². The largest absolute Gasteiger partial charge is 0.472 e. The van der Waals surface area contributed by atoms with Crippen LogP contribution < -0.4 is 10.6 Å². The van der Waals surface area contributed by atoms with Crippen molar-refractivity contribution in [2.75, 3.05) is 0 Å². The van der Waals surface area contributed by atoms with E-state index in [0.29, 0.717) is 36.0 Å². The zero-order chi connectivity index (χ0) is 24.3. The minimum absolute atomic E-state index is 0.0456. The van der Waals surface area contributed by atoms with Gasteiger partial charge in [0.05, 0.1) is 11.1 Å². The molecule has 5 nitrogen and oxygen atoms in total. The van der Waals surface area contributed by atoms with Crippen LogP contribution in [0.4, 0.5) is 17.6 Å². The van der Waals surface area contributed by atoms with E-state index < -0.39 is 23.5 Å². The lowest BCUT2D eigenvalue weighted by Crippen LogP contribution is -2.11. The molecular weight excluding hydrogens is 452 g/mol. The van der Waals surface area contributed by atoms with Crippen LogP contribution >= 0.6 is 0 Å². The van der Waals surface area contributed by atoms with Crippen LogP contribution in [-0.4, -0.2) is 11.0 Å². The molecule has 0 bridgehead atoms. The molecule has 2 aromatic carbocycles. The Morgan fingerprint density at radius 1 is 1.03 bits per heavy atom. The molecule has 2 N–H and O–H groups in total. The Morgan fingerprint density at radius 3 is 2.47 bits per heavy atom. The molecule has 3 aromatic rings. The van der Waals surface area contributed by atoms with Crippen LogP contribution in [0.25, 0.3) is 11.1 Å². The van der Waals surface area contributed by atoms with Gasteiger partial charge in [0.25, 0.3) is 0 Å². The summed E-state index contributed by atoms with van der Waals surface area (Å²) in [6, 6.07) is 13.8. The molecule has 9 heteroatoms. The van der Waals surface area contributed by atoms with Crippen LogP contribution in [0.2, 0.25) is 0 Å². The Morgan fingerprint density at radius 2 is 1.76 bits per heavy atom. The first-order valence-electron chi connectivity index (χ1n) is 10.4. The molecule has 1 aliphatic carbocycles. The van der Waals surface area contributed by atoms with Crippen LogP contribution in [0.15, 0.2) is 60.8 Å². The van der Waals surface area contributed by atoms with Crippen LogP contribution in [0.1, 0.15) is 51.9 Å². The van der Waals surface area contributed by atoms with Gasteiger partial charge in [-0.25, -0.2) is 14.2 Å². The lowest BCUT2D eigenvalue weighted by atomic mass is 9.95. The zero-order valence-corrected chi connectivity index (χ0v) is 17.9. The second kappa shape index (κ2) is 9.64. The van der Waals surface area contributed by atoms with Gasteiger partial charge in [-0.2, -0.15) is 19.1 Å². The first-order valence-corrected chi connectivity index (χ1v) is 10.4. The van der Waals surface area contributed by atoms with Crippen molar-refractivity contribution in [3.8, 4) is 5.88 Å². The predicted octanol–water partition coefficient (Wildman–Crippen LogP) is 5.94. The van der Waals surface area contributed by atoms with Crippen molar-refractivity contribution in [1.82, 2.24) is 4.98 Å². The standard InChI is InChI=1S/C25H20F4N2O3/c26-19-10-16(9-17(11-19)24(32)34-30)20-7-4-8-21(20)22-12-18(25(27,28)29)13-31-23(22)33-14-15-5-2-1-3-6-15/h1-3,5-6,9-13H,4,7-8,14,30H2. The van der Waals surface area contributed by atoms with Crippen molar-refractivity contribution < 1.29 is 31.9 Å². The first kappa shape index (κ1) is 23.4. The van der Waals surface area contributed by atoms with Gasteiger partial charge in [-0.1, -0.05) is 30.3 Å². The number of nitrogens with two attached hydrogens (primary N) is 1. The molecule has 0 saturated carbocycles. The number of ether oxygens (including phenoxy) is 1. The molecule has 1 aliphatic rings. The van der Waals surface area contributed by atoms with Crippen molar-refractivity contribution in [1.29, 1.82) is 0 Å². The number of carbonyl (C=O) groups is 1. The van der Waals surface area contributed by atoms with Crippen molar-refractivity contribution >= 4 is 17.1 Å².